The molecule has 7 heteroatoms. The molecule has 0 saturated carbocycles. The van der Waals surface area contributed by atoms with Crippen LogP contribution in [-0.4, -0.2) is 36.9 Å². The molecule has 0 spiro atoms. The van der Waals surface area contributed by atoms with Gasteiger partial charge in [0.2, 0.25) is 5.91 Å². The minimum absolute atomic E-state index is 0.0341. The summed E-state index contributed by atoms with van der Waals surface area (Å²) in [5, 5.41) is 17.3. The van der Waals surface area contributed by atoms with Crippen LogP contribution in [0, 0.1) is 11.3 Å². The van der Waals surface area contributed by atoms with Gasteiger partial charge in [-0.2, -0.15) is 15.5 Å². The van der Waals surface area contributed by atoms with E-state index in [0.717, 1.165) is 18.7 Å². The lowest BCUT2D eigenvalue weighted by atomic mass is 10.2. The van der Waals surface area contributed by atoms with E-state index in [1.165, 1.54) is 0 Å². The Hall–Kier alpha value is -2.62. The molecule has 0 fully saturated rings. The van der Waals surface area contributed by atoms with Gasteiger partial charge in [-0.1, -0.05) is 0 Å². The van der Waals surface area contributed by atoms with Crippen molar-refractivity contribution in [2.24, 2.45) is 0 Å². The maximum Gasteiger partial charge on any atom is 0.247 e. The normalized spacial score (nSPS) is 15.9. The maximum atomic E-state index is 12.6. The fraction of sp³-hybridized carbons (Fsp3) is 0.429. The summed E-state index contributed by atoms with van der Waals surface area (Å²) in [6.07, 6.45) is 4.29. The average molecular weight is 284 g/mol. The fourth-order valence-corrected chi connectivity index (χ4v) is 2.59. The van der Waals surface area contributed by atoms with Crippen molar-refractivity contribution in [3.63, 3.8) is 0 Å². The highest BCUT2D eigenvalue weighted by atomic mass is 16.2. The first-order valence-electron chi connectivity index (χ1n) is 6.94. The van der Waals surface area contributed by atoms with Gasteiger partial charge in [0.1, 0.15) is 12.1 Å². The summed E-state index contributed by atoms with van der Waals surface area (Å²) in [5.41, 5.74) is 1.31. The molecule has 1 unspecified atom stereocenters. The van der Waals surface area contributed by atoms with Crippen LogP contribution in [-0.2, 0) is 17.9 Å². The highest BCUT2D eigenvalue weighted by Gasteiger charge is 2.25. The van der Waals surface area contributed by atoms with Crippen molar-refractivity contribution in [2.45, 2.75) is 32.5 Å². The third-order valence-electron chi connectivity index (χ3n) is 3.72. The van der Waals surface area contributed by atoms with Crippen LogP contribution in [0.25, 0.3) is 0 Å². The maximum absolute atomic E-state index is 12.6. The molecule has 7 nitrogen and oxygen atoms in total. The Labute approximate surface area is 122 Å². The third-order valence-corrected chi connectivity index (χ3v) is 3.72. The van der Waals surface area contributed by atoms with Gasteiger partial charge in [-0.15, -0.1) is 0 Å². The van der Waals surface area contributed by atoms with Crippen molar-refractivity contribution in [1.82, 2.24) is 24.5 Å². The third kappa shape index (κ3) is 2.52. The van der Waals surface area contributed by atoms with E-state index < -0.39 is 0 Å². The van der Waals surface area contributed by atoms with Gasteiger partial charge in [0, 0.05) is 25.5 Å². The molecule has 108 valence electrons. The van der Waals surface area contributed by atoms with Crippen LogP contribution in [0.15, 0.2) is 24.5 Å². The molecular formula is C14H16N6O. The molecule has 1 aliphatic rings. The van der Waals surface area contributed by atoms with Crippen molar-refractivity contribution in [2.75, 3.05) is 6.54 Å². The lowest BCUT2D eigenvalue weighted by molar-refractivity contribution is -0.135. The molecule has 3 rings (SSSR count). The van der Waals surface area contributed by atoms with Gasteiger partial charge in [0.25, 0.3) is 0 Å². The van der Waals surface area contributed by atoms with Gasteiger partial charge in [-0.3, -0.25) is 14.2 Å². The molecule has 1 aliphatic heterocycles. The molecular weight excluding hydrogens is 268 g/mol. The summed E-state index contributed by atoms with van der Waals surface area (Å²) < 4.78 is 3.48. The number of hydrogen-bond acceptors (Lipinski definition) is 4. The van der Waals surface area contributed by atoms with Gasteiger partial charge >= 0.3 is 0 Å². The predicted octanol–water partition coefficient (Wildman–Crippen LogP) is 0.945. The Morgan fingerprint density at radius 1 is 1.48 bits per heavy atom. The van der Waals surface area contributed by atoms with Gasteiger partial charge in [-0.25, -0.2) is 0 Å². The van der Waals surface area contributed by atoms with E-state index in [9.17, 15) is 4.79 Å². The molecule has 0 saturated heterocycles. The lowest BCUT2D eigenvalue weighted by Crippen LogP contribution is -2.36. The van der Waals surface area contributed by atoms with Crippen LogP contribution in [0.3, 0.4) is 0 Å². The zero-order valence-corrected chi connectivity index (χ0v) is 11.8. The number of amides is 1. The minimum Gasteiger partial charge on any atom is -0.335 e. The Bertz CT molecular complexity index is 681. The molecule has 0 bridgehead atoms. The topological polar surface area (TPSA) is 79.7 Å². The quantitative estimate of drug-likeness (QED) is 0.822. The smallest absolute Gasteiger partial charge is 0.247 e. The van der Waals surface area contributed by atoms with Crippen molar-refractivity contribution in [1.29, 1.82) is 5.26 Å². The molecule has 2 aromatic rings. The summed E-state index contributed by atoms with van der Waals surface area (Å²) in [7, 11) is 0. The van der Waals surface area contributed by atoms with Gasteiger partial charge < -0.3 is 4.90 Å². The highest BCUT2D eigenvalue weighted by Crippen LogP contribution is 2.17. The van der Waals surface area contributed by atoms with E-state index in [4.69, 9.17) is 5.26 Å². The Morgan fingerprint density at radius 2 is 2.33 bits per heavy atom. The molecule has 0 radical (unpaired) electrons. The van der Waals surface area contributed by atoms with E-state index >= 15 is 0 Å². The Kier molecular flexibility index (Phi) is 3.44. The summed E-state index contributed by atoms with van der Waals surface area (Å²) in [6.45, 7) is 3.75. The van der Waals surface area contributed by atoms with Crippen molar-refractivity contribution < 1.29 is 4.79 Å². The first kappa shape index (κ1) is 13.4. The van der Waals surface area contributed by atoms with E-state index in [1.54, 1.807) is 29.2 Å². The summed E-state index contributed by atoms with van der Waals surface area (Å²) in [4.78, 5) is 14.4. The van der Waals surface area contributed by atoms with E-state index in [1.807, 2.05) is 22.6 Å². The van der Waals surface area contributed by atoms with E-state index in [0.29, 0.717) is 18.8 Å². The zero-order chi connectivity index (χ0) is 14.8. The standard InChI is InChI=1S/C14H16N6O/c1-11(19-6-2-4-16-19)14(21)18-5-3-7-20-13(10-18)8-12(9-15)17-20/h2,4,6,8,11H,3,5,7,10H2,1H3. The van der Waals surface area contributed by atoms with Crippen LogP contribution >= 0.6 is 0 Å². The van der Waals surface area contributed by atoms with E-state index in [2.05, 4.69) is 10.2 Å². The van der Waals surface area contributed by atoms with Crippen LogP contribution in [0.5, 0.6) is 0 Å². The number of nitrogens with zero attached hydrogens (tertiary/aromatic N) is 6. The molecule has 3 heterocycles. The largest absolute Gasteiger partial charge is 0.335 e. The molecule has 0 N–H and O–H groups in total. The second kappa shape index (κ2) is 5.40. The van der Waals surface area contributed by atoms with Crippen LogP contribution in [0.2, 0.25) is 0 Å². The van der Waals surface area contributed by atoms with E-state index in [-0.39, 0.29) is 11.9 Å². The first-order valence-corrected chi connectivity index (χ1v) is 6.94. The average Bonchev–Trinajstić information content (AvgIpc) is 3.11. The molecule has 0 aliphatic carbocycles. The van der Waals surface area contributed by atoms with Crippen molar-refractivity contribution >= 4 is 5.91 Å². The zero-order valence-electron chi connectivity index (χ0n) is 11.8. The molecule has 1 amide bonds. The summed E-state index contributed by atoms with van der Waals surface area (Å²) >= 11 is 0. The number of carbonyl (C=O) groups excluding carboxylic acids is 1. The van der Waals surface area contributed by atoms with Crippen molar-refractivity contribution in [3.8, 4) is 6.07 Å². The summed E-state index contributed by atoms with van der Waals surface area (Å²) in [5.74, 6) is 0.0341. The number of rotatable bonds is 2. The predicted molar refractivity (Wildman–Crippen MR) is 73.9 cm³/mol. The number of hydrogen-bond donors (Lipinski definition) is 0. The van der Waals surface area contributed by atoms with Crippen molar-refractivity contribution in [3.05, 3.63) is 35.9 Å². The fourth-order valence-electron chi connectivity index (χ4n) is 2.59. The Morgan fingerprint density at radius 3 is 3.05 bits per heavy atom. The monoisotopic (exact) mass is 284 g/mol. The van der Waals surface area contributed by atoms with Crippen LogP contribution in [0.4, 0.5) is 0 Å². The number of aromatic nitrogens is 4. The molecule has 21 heavy (non-hydrogen) atoms. The lowest BCUT2D eigenvalue weighted by Gasteiger charge is -2.24. The molecule has 0 aromatic carbocycles. The van der Waals surface area contributed by atoms with Gasteiger partial charge in [0.05, 0.1) is 12.2 Å². The van der Waals surface area contributed by atoms with Gasteiger partial charge in [0.15, 0.2) is 5.69 Å². The number of carbonyl (C=O) groups is 1. The SMILES string of the molecule is CC(C(=O)N1CCCn2nc(C#N)cc2C1)n1cccn1. The number of nitriles is 1. The first-order chi connectivity index (χ1) is 10.2. The second-order valence-corrected chi connectivity index (χ2v) is 5.13. The molecule has 2 aromatic heterocycles. The minimum atomic E-state index is -0.329. The second-order valence-electron chi connectivity index (χ2n) is 5.13. The summed E-state index contributed by atoms with van der Waals surface area (Å²) in [6, 6.07) is 5.28. The van der Waals surface area contributed by atoms with Gasteiger partial charge in [-0.05, 0) is 25.5 Å². The molecule has 1 atom stereocenters. The van der Waals surface area contributed by atoms with Crippen LogP contribution in [0.1, 0.15) is 30.8 Å². The Balaban J connectivity index is 1.80. The highest BCUT2D eigenvalue weighted by molar-refractivity contribution is 5.80. The number of aryl methyl sites for hydroxylation is 1. The van der Waals surface area contributed by atoms with Crippen LogP contribution < -0.4 is 0 Å². The number of fused-ring (bicyclic) bond motifs is 1.